The van der Waals surface area contributed by atoms with Crippen LogP contribution in [-0.2, 0) is 25.6 Å². The lowest BCUT2D eigenvalue weighted by atomic mass is 9.78. The minimum atomic E-state index is -1.28. The molecule has 1 saturated carbocycles. The Balaban J connectivity index is 1.54. The fourth-order valence-corrected chi connectivity index (χ4v) is 6.44. The van der Waals surface area contributed by atoms with Crippen molar-refractivity contribution < 1.29 is 23.6 Å². The summed E-state index contributed by atoms with van der Waals surface area (Å²) in [5.41, 5.74) is 2.07. The molecule has 1 unspecified atom stereocenters. The lowest BCUT2D eigenvalue weighted by Crippen LogP contribution is -2.48. The largest absolute Gasteiger partial charge is 0.598 e. The van der Waals surface area contributed by atoms with Gasteiger partial charge in [0.15, 0.2) is 11.9 Å². The Labute approximate surface area is 223 Å². The number of nitrogens with one attached hydrogen (secondary N) is 1. The Kier molecular flexibility index (Phi) is 8.54. The first-order chi connectivity index (χ1) is 16.9. The van der Waals surface area contributed by atoms with Gasteiger partial charge in [-0.25, -0.2) is 0 Å². The van der Waals surface area contributed by atoms with Gasteiger partial charge in [0.05, 0.1) is 19.8 Å². The summed E-state index contributed by atoms with van der Waals surface area (Å²) in [6, 6.07) is 3.87. The smallest absolute Gasteiger partial charge is 0.254 e. The number of hydrogen-bond donors (Lipinski definition) is 1. The zero-order valence-corrected chi connectivity index (χ0v) is 24.0. The third kappa shape index (κ3) is 6.16. The standard InChI is InChI=1S/C27H41ClN2O5S/c1-26(2,3)36(32)29-24(20-14-21(28)19(15-22(20)33-6)17-8-7-9-17)18-10-12-30(13-11-18)25(31)23-16-34-27(4,5)35-23/h14-15,17-18,23-24,29H,7-13,16H2,1-6H3/t23-,24-,36?/m1/s1. The zero-order chi connectivity index (χ0) is 26.3. The summed E-state index contributed by atoms with van der Waals surface area (Å²) in [6.45, 7) is 11.0. The number of carbonyl (C=O) groups excluding carboxylic acids is 1. The van der Waals surface area contributed by atoms with E-state index in [1.54, 1.807) is 7.11 Å². The Bertz CT molecular complexity index is 941. The van der Waals surface area contributed by atoms with Gasteiger partial charge in [0.2, 0.25) is 0 Å². The highest BCUT2D eigenvalue weighted by atomic mass is 35.5. The summed E-state index contributed by atoms with van der Waals surface area (Å²) >= 11 is 5.51. The molecule has 9 heteroatoms. The van der Waals surface area contributed by atoms with Crippen LogP contribution in [0, 0.1) is 5.92 Å². The summed E-state index contributed by atoms with van der Waals surface area (Å²) in [5, 5.41) is 0.748. The van der Waals surface area contributed by atoms with Crippen LogP contribution in [0.1, 0.15) is 89.8 Å². The highest BCUT2D eigenvalue weighted by Gasteiger charge is 2.42. The summed E-state index contributed by atoms with van der Waals surface area (Å²) in [4.78, 5) is 14.9. The van der Waals surface area contributed by atoms with Crippen molar-refractivity contribution in [3.05, 3.63) is 28.3 Å². The van der Waals surface area contributed by atoms with E-state index in [0.29, 0.717) is 19.0 Å². The third-order valence-corrected chi connectivity index (χ3v) is 9.53. The second-order valence-corrected chi connectivity index (χ2v) is 14.1. The Morgan fingerprint density at radius 3 is 2.42 bits per heavy atom. The molecular formula is C27H41ClN2O5S. The lowest BCUT2D eigenvalue weighted by Gasteiger charge is -2.39. The van der Waals surface area contributed by atoms with Gasteiger partial charge in [-0.1, -0.05) is 18.0 Å². The number of hydrogen-bond acceptors (Lipinski definition) is 6. The number of piperidine rings is 1. The number of halogens is 1. The number of amides is 1. The van der Waals surface area contributed by atoms with E-state index in [9.17, 15) is 9.35 Å². The van der Waals surface area contributed by atoms with Gasteiger partial charge in [0.25, 0.3) is 5.91 Å². The predicted octanol–water partition coefficient (Wildman–Crippen LogP) is 5.10. The van der Waals surface area contributed by atoms with Crippen LogP contribution in [-0.4, -0.2) is 58.8 Å². The molecule has 0 radical (unpaired) electrons. The molecule has 0 spiro atoms. The molecule has 4 rings (SSSR count). The number of likely N-dealkylation sites (tertiary alicyclic amines) is 1. The molecule has 2 aliphatic heterocycles. The Morgan fingerprint density at radius 2 is 1.92 bits per heavy atom. The molecule has 36 heavy (non-hydrogen) atoms. The van der Waals surface area contributed by atoms with Gasteiger partial charge in [0, 0.05) is 35.0 Å². The van der Waals surface area contributed by atoms with E-state index in [0.717, 1.165) is 47.6 Å². The van der Waals surface area contributed by atoms with Gasteiger partial charge < -0.3 is 23.7 Å². The van der Waals surface area contributed by atoms with E-state index in [2.05, 4.69) is 10.8 Å². The monoisotopic (exact) mass is 540 g/mol. The van der Waals surface area contributed by atoms with Gasteiger partial charge in [-0.3, -0.25) is 4.79 Å². The van der Waals surface area contributed by atoms with E-state index in [4.69, 9.17) is 25.8 Å². The van der Waals surface area contributed by atoms with Crippen molar-refractivity contribution in [1.29, 1.82) is 0 Å². The number of methoxy groups -OCH3 is 1. The SMILES string of the molecule is COc1cc(C2CCC2)c(Cl)cc1[C@H](N[S+]([O-])C(C)(C)C)C1CCN(C(=O)[C@H]2COC(C)(C)O2)CC1. The van der Waals surface area contributed by atoms with Crippen molar-refractivity contribution in [2.45, 2.75) is 95.3 Å². The highest BCUT2D eigenvalue weighted by molar-refractivity contribution is 7.90. The number of nitrogens with zero attached hydrogens (tertiary/aromatic N) is 1. The van der Waals surface area contributed by atoms with E-state index >= 15 is 0 Å². The van der Waals surface area contributed by atoms with Crippen molar-refractivity contribution in [3.63, 3.8) is 0 Å². The lowest BCUT2D eigenvalue weighted by molar-refractivity contribution is -0.161. The normalized spacial score (nSPS) is 24.9. The van der Waals surface area contributed by atoms with Crippen LogP contribution in [0.25, 0.3) is 0 Å². The summed E-state index contributed by atoms with van der Waals surface area (Å²) < 4.78 is 33.5. The fourth-order valence-electron chi connectivity index (χ4n) is 5.21. The van der Waals surface area contributed by atoms with Crippen LogP contribution in [0.5, 0.6) is 5.75 Å². The minimum Gasteiger partial charge on any atom is -0.598 e. The maximum absolute atomic E-state index is 13.2. The van der Waals surface area contributed by atoms with Gasteiger partial charge in [-0.15, -0.1) is 4.72 Å². The maximum atomic E-state index is 13.2. The number of rotatable bonds is 7. The van der Waals surface area contributed by atoms with Gasteiger partial charge >= 0.3 is 0 Å². The molecule has 3 aliphatic rings. The molecule has 2 heterocycles. The molecule has 0 bridgehead atoms. The first-order valence-electron chi connectivity index (χ1n) is 13.1. The number of carbonyl (C=O) groups is 1. The van der Waals surface area contributed by atoms with Crippen molar-refractivity contribution in [3.8, 4) is 5.75 Å². The Hall–Kier alpha value is -1.03. The first kappa shape index (κ1) is 28.0. The van der Waals surface area contributed by atoms with Crippen LogP contribution in [0.4, 0.5) is 0 Å². The second-order valence-electron chi connectivity index (χ2n) is 11.7. The minimum absolute atomic E-state index is 0.0210. The molecule has 2 saturated heterocycles. The molecule has 1 amide bonds. The highest BCUT2D eigenvalue weighted by Crippen LogP contribution is 2.45. The molecule has 7 nitrogen and oxygen atoms in total. The molecule has 1 aromatic rings. The summed E-state index contributed by atoms with van der Waals surface area (Å²) in [6.07, 6.45) is 4.51. The second kappa shape index (κ2) is 11.0. The molecule has 3 atom stereocenters. The van der Waals surface area contributed by atoms with Crippen molar-refractivity contribution in [1.82, 2.24) is 9.62 Å². The number of benzene rings is 1. The topological polar surface area (TPSA) is 83.1 Å². The average Bonchev–Trinajstić information content (AvgIpc) is 3.16. The quantitative estimate of drug-likeness (QED) is 0.484. The van der Waals surface area contributed by atoms with Gasteiger partial charge in [-0.2, -0.15) is 0 Å². The first-order valence-corrected chi connectivity index (χ1v) is 14.6. The molecule has 3 fully saturated rings. The summed E-state index contributed by atoms with van der Waals surface area (Å²) in [5.74, 6) is 0.675. The fraction of sp³-hybridized carbons (Fsp3) is 0.741. The van der Waals surface area contributed by atoms with Crippen LogP contribution in [0.15, 0.2) is 12.1 Å². The van der Waals surface area contributed by atoms with Gasteiger partial charge in [-0.05, 0) is 89.8 Å². The molecule has 0 aromatic heterocycles. The maximum Gasteiger partial charge on any atom is 0.254 e. The molecular weight excluding hydrogens is 500 g/mol. The molecule has 1 aromatic carbocycles. The zero-order valence-electron chi connectivity index (χ0n) is 22.4. The van der Waals surface area contributed by atoms with E-state index in [1.807, 2.05) is 45.6 Å². The van der Waals surface area contributed by atoms with Crippen LogP contribution in [0.2, 0.25) is 5.02 Å². The van der Waals surface area contributed by atoms with E-state index in [-0.39, 0.29) is 24.5 Å². The van der Waals surface area contributed by atoms with Crippen molar-refractivity contribution in [2.75, 3.05) is 26.8 Å². The van der Waals surface area contributed by atoms with Crippen LogP contribution < -0.4 is 9.46 Å². The predicted molar refractivity (Wildman–Crippen MR) is 143 cm³/mol. The molecule has 1 aliphatic carbocycles. The van der Waals surface area contributed by atoms with Crippen molar-refractivity contribution in [2.24, 2.45) is 5.92 Å². The summed E-state index contributed by atoms with van der Waals surface area (Å²) in [7, 11) is 1.68. The third-order valence-electron chi connectivity index (χ3n) is 7.63. The Morgan fingerprint density at radius 1 is 1.25 bits per heavy atom. The molecule has 202 valence electrons. The van der Waals surface area contributed by atoms with E-state index in [1.165, 1.54) is 6.42 Å². The van der Waals surface area contributed by atoms with E-state index < -0.39 is 28.0 Å². The molecule has 1 N–H and O–H groups in total. The average molecular weight is 541 g/mol. The number of ether oxygens (including phenoxy) is 3. The van der Waals surface area contributed by atoms with Gasteiger partial charge in [0.1, 0.15) is 10.5 Å². The van der Waals surface area contributed by atoms with Crippen molar-refractivity contribution >= 4 is 28.9 Å². The van der Waals surface area contributed by atoms with Crippen LogP contribution >= 0.6 is 11.6 Å². The van der Waals surface area contributed by atoms with Crippen LogP contribution in [0.3, 0.4) is 0 Å².